The van der Waals surface area contributed by atoms with Crippen molar-refractivity contribution in [1.29, 1.82) is 0 Å². The Kier molecular flexibility index (Phi) is 4.17. The molecule has 0 spiro atoms. The van der Waals surface area contributed by atoms with Crippen LogP contribution in [0.3, 0.4) is 0 Å². The summed E-state index contributed by atoms with van der Waals surface area (Å²) in [6, 6.07) is 12.3. The third-order valence-corrected chi connectivity index (χ3v) is 3.11. The molecule has 0 heterocycles. The van der Waals surface area contributed by atoms with Crippen LogP contribution in [0.15, 0.2) is 42.5 Å². The van der Waals surface area contributed by atoms with E-state index in [4.69, 9.17) is 10.5 Å². The summed E-state index contributed by atoms with van der Waals surface area (Å²) >= 11 is 0. The monoisotopic (exact) mass is 259 g/mol. The lowest BCUT2D eigenvalue weighted by Gasteiger charge is -2.15. The van der Waals surface area contributed by atoms with Gasteiger partial charge in [0.1, 0.15) is 11.6 Å². The fraction of sp³-hybridized carbons (Fsp3) is 0.250. The van der Waals surface area contributed by atoms with Crippen molar-refractivity contribution in [2.24, 2.45) is 5.73 Å². The summed E-state index contributed by atoms with van der Waals surface area (Å²) in [5.74, 6) is 0.562. The number of benzene rings is 2. The lowest BCUT2D eigenvalue weighted by atomic mass is 9.97. The molecule has 0 aromatic heterocycles. The van der Waals surface area contributed by atoms with Crippen LogP contribution in [0.4, 0.5) is 4.39 Å². The number of aryl methyl sites for hydroxylation is 1. The van der Waals surface area contributed by atoms with Gasteiger partial charge in [0, 0.05) is 5.56 Å². The summed E-state index contributed by atoms with van der Waals surface area (Å²) in [7, 11) is 0. The smallest absolute Gasteiger partial charge is 0.131 e. The Hall–Kier alpha value is -1.87. The van der Waals surface area contributed by atoms with E-state index in [-0.39, 0.29) is 5.82 Å². The highest BCUT2D eigenvalue weighted by Crippen LogP contribution is 2.25. The Morgan fingerprint density at radius 2 is 1.84 bits per heavy atom. The molecule has 0 bridgehead atoms. The first-order chi connectivity index (χ1) is 9.13. The molecule has 2 aromatic carbocycles. The Morgan fingerprint density at radius 1 is 1.16 bits per heavy atom. The summed E-state index contributed by atoms with van der Waals surface area (Å²) in [5.41, 5.74) is 8.13. The molecule has 0 saturated carbocycles. The number of hydrogen-bond acceptors (Lipinski definition) is 2. The van der Waals surface area contributed by atoms with Crippen molar-refractivity contribution in [2.75, 3.05) is 6.61 Å². The highest BCUT2D eigenvalue weighted by molar-refractivity contribution is 5.37. The molecule has 2 aromatic rings. The van der Waals surface area contributed by atoms with Crippen molar-refractivity contribution in [3.63, 3.8) is 0 Å². The molecule has 19 heavy (non-hydrogen) atoms. The first kappa shape index (κ1) is 13.6. The minimum Gasteiger partial charge on any atom is -0.494 e. The van der Waals surface area contributed by atoms with Crippen LogP contribution in [0.2, 0.25) is 0 Å². The van der Waals surface area contributed by atoms with Crippen LogP contribution in [-0.4, -0.2) is 6.61 Å². The largest absolute Gasteiger partial charge is 0.494 e. The second-order valence-electron chi connectivity index (χ2n) is 4.46. The van der Waals surface area contributed by atoms with Gasteiger partial charge in [0.05, 0.1) is 12.6 Å². The molecule has 0 saturated heterocycles. The lowest BCUT2D eigenvalue weighted by Crippen LogP contribution is -2.14. The van der Waals surface area contributed by atoms with Gasteiger partial charge in [-0.15, -0.1) is 0 Å². The molecule has 1 unspecified atom stereocenters. The van der Waals surface area contributed by atoms with E-state index < -0.39 is 6.04 Å². The van der Waals surface area contributed by atoms with Crippen molar-refractivity contribution in [1.82, 2.24) is 0 Å². The predicted octanol–water partition coefficient (Wildman–Crippen LogP) is 3.58. The molecular formula is C16H18FNO. The molecule has 0 radical (unpaired) electrons. The molecule has 3 heteroatoms. The number of hydrogen-bond donors (Lipinski definition) is 1. The van der Waals surface area contributed by atoms with Gasteiger partial charge in [-0.1, -0.05) is 30.3 Å². The summed E-state index contributed by atoms with van der Waals surface area (Å²) < 4.78 is 19.4. The third kappa shape index (κ3) is 2.93. The van der Waals surface area contributed by atoms with E-state index in [9.17, 15) is 4.39 Å². The van der Waals surface area contributed by atoms with Gasteiger partial charge in [-0.3, -0.25) is 0 Å². The van der Waals surface area contributed by atoms with Crippen LogP contribution in [0, 0.1) is 12.7 Å². The van der Waals surface area contributed by atoms with Gasteiger partial charge in [-0.05, 0) is 37.1 Å². The SMILES string of the molecule is CCOc1ccc(C(N)c2cccc(C)c2F)cc1. The van der Waals surface area contributed by atoms with Crippen LogP contribution in [0.5, 0.6) is 5.75 Å². The quantitative estimate of drug-likeness (QED) is 0.910. The van der Waals surface area contributed by atoms with Crippen molar-refractivity contribution in [2.45, 2.75) is 19.9 Å². The first-order valence-electron chi connectivity index (χ1n) is 6.36. The van der Waals surface area contributed by atoms with E-state index in [0.29, 0.717) is 17.7 Å². The Bertz CT molecular complexity index is 551. The number of ether oxygens (including phenoxy) is 1. The molecule has 1 atom stereocenters. The van der Waals surface area contributed by atoms with E-state index in [1.54, 1.807) is 19.1 Å². The van der Waals surface area contributed by atoms with Crippen LogP contribution >= 0.6 is 0 Å². The molecular weight excluding hydrogens is 241 g/mol. The van der Waals surface area contributed by atoms with Gasteiger partial charge in [0.2, 0.25) is 0 Å². The lowest BCUT2D eigenvalue weighted by molar-refractivity contribution is 0.340. The third-order valence-electron chi connectivity index (χ3n) is 3.11. The topological polar surface area (TPSA) is 35.2 Å². The van der Waals surface area contributed by atoms with E-state index in [2.05, 4.69) is 0 Å². The zero-order chi connectivity index (χ0) is 13.8. The maximum absolute atomic E-state index is 14.0. The summed E-state index contributed by atoms with van der Waals surface area (Å²) in [6.45, 7) is 4.30. The molecule has 2 nitrogen and oxygen atoms in total. The van der Waals surface area contributed by atoms with E-state index in [1.165, 1.54) is 0 Å². The second kappa shape index (κ2) is 5.85. The molecule has 0 aliphatic carbocycles. The van der Waals surface area contributed by atoms with Gasteiger partial charge in [0.25, 0.3) is 0 Å². The molecule has 0 amide bonds. The average Bonchev–Trinajstić information content (AvgIpc) is 2.42. The highest BCUT2D eigenvalue weighted by atomic mass is 19.1. The minimum atomic E-state index is -0.462. The minimum absolute atomic E-state index is 0.233. The van der Waals surface area contributed by atoms with Crippen molar-refractivity contribution >= 4 is 0 Å². The maximum atomic E-state index is 14.0. The number of halogens is 1. The van der Waals surface area contributed by atoms with Crippen molar-refractivity contribution in [3.05, 3.63) is 65.0 Å². The van der Waals surface area contributed by atoms with Crippen LogP contribution in [0.1, 0.15) is 29.7 Å². The average molecular weight is 259 g/mol. The van der Waals surface area contributed by atoms with Gasteiger partial charge >= 0.3 is 0 Å². The molecule has 2 N–H and O–H groups in total. The van der Waals surface area contributed by atoms with E-state index in [1.807, 2.05) is 37.3 Å². The van der Waals surface area contributed by atoms with Gasteiger partial charge in [-0.25, -0.2) is 4.39 Å². The fourth-order valence-corrected chi connectivity index (χ4v) is 2.03. The molecule has 100 valence electrons. The summed E-state index contributed by atoms with van der Waals surface area (Å²) in [5, 5.41) is 0. The number of nitrogens with two attached hydrogens (primary N) is 1. The highest BCUT2D eigenvalue weighted by Gasteiger charge is 2.14. The molecule has 0 aliphatic rings. The Labute approximate surface area is 113 Å². The first-order valence-corrected chi connectivity index (χ1v) is 6.36. The van der Waals surface area contributed by atoms with Crippen LogP contribution in [0.25, 0.3) is 0 Å². The van der Waals surface area contributed by atoms with Crippen LogP contribution in [-0.2, 0) is 0 Å². The van der Waals surface area contributed by atoms with Gasteiger partial charge in [-0.2, -0.15) is 0 Å². The zero-order valence-corrected chi connectivity index (χ0v) is 11.2. The normalized spacial score (nSPS) is 12.2. The van der Waals surface area contributed by atoms with Crippen molar-refractivity contribution < 1.29 is 9.13 Å². The molecule has 0 aliphatic heterocycles. The van der Waals surface area contributed by atoms with Crippen LogP contribution < -0.4 is 10.5 Å². The standard InChI is InChI=1S/C16H18FNO/c1-3-19-13-9-7-12(8-10-13)16(18)14-6-4-5-11(2)15(14)17/h4-10,16H,3,18H2,1-2H3. The zero-order valence-electron chi connectivity index (χ0n) is 11.2. The Morgan fingerprint density at radius 3 is 2.47 bits per heavy atom. The van der Waals surface area contributed by atoms with E-state index >= 15 is 0 Å². The maximum Gasteiger partial charge on any atom is 0.131 e. The molecule has 2 rings (SSSR count). The Balaban J connectivity index is 2.28. The fourth-order valence-electron chi connectivity index (χ4n) is 2.03. The van der Waals surface area contributed by atoms with Crippen molar-refractivity contribution in [3.8, 4) is 5.75 Å². The predicted molar refractivity (Wildman–Crippen MR) is 74.8 cm³/mol. The van der Waals surface area contributed by atoms with Gasteiger partial charge < -0.3 is 10.5 Å². The van der Waals surface area contributed by atoms with E-state index in [0.717, 1.165) is 11.3 Å². The second-order valence-corrected chi connectivity index (χ2v) is 4.46. The summed E-state index contributed by atoms with van der Waals surface area (Å²) in [6.07, 6.45) is 0. The number of rotatable bonds is 4. The molecule has 0 fully saturated rings. The summed E-state index contributed by atoms with van der Waals surface area (Å²) in [4.78, 5) is 0. The van der Waals surface area contributed by atoms with Gasteiger partial charge in [0.15, 0.2) is 0 Å².